The van der Waals surface area contributed by atoms with E-state index in [1.165, 1.54) is 95.7 Å². The maximum absolute atomic E-state index is 6.01. The van der Waals surface area contributed by atoms with Crippen LogP contribution in [0.15, 0.2) is 12.4 Å². The minimum Gasteiger partial charge on any atom is -0.374 e. The summed E-state index contributed by atoms with van der Waals surface area (Å²) in [5.41, 5.74) is 0. The van der Waals surface area contributed by atoms with Gasteiger partial charge in [-0.2, -0.15) is 0 Å². The number of hydrogen-bond acceptors (Lipinski definition) is 4. The molecule has 6 heteroatoms. The van der Waals surface area contributed by atoms with Gasteiger partial charge in [0.25, 0.3) is 0 Å². The van der Waals surface area contributed by atoms with E-state index < -0.39 is 8.80 Å². The molecule has 0 aliphatic heterocycles. The Labute approximate surface area is 219 Å². The summed E-state index contributed by atoms with van der Waals surface area (Å²) >= 11 is 0. The third kappa shape index (κ3) is 14.6. The molecule has 1 rings (SSSR count). The smallest absolute Gasteiger partial charge is 0.374 e. The van der Waals surface area contributed by atoms with Crippen LogP contribution in [0.2, 0.25) is 6.04 Å². The second kappa shape index (κ2) is 21.4. The van der Waals surface area contributed by atoms with Crippen LogP contribution in [0.3, 0.4) is 0 Å². The summed E-state index contributed by atoms with van der Waals surface area (Å²) in [7, 11) is -2.56. The SMILES string of the molecule is CCCCCCCCCCCCCCCC(C)n1ccnc1CCC[Si](OCC)(OCC)OCC. The third-order valence-corrected chi connectivity index (χ3v) is 10.1. The zero-order chi connectivity index (χ0) is 25.6. The summed E-state index contributed by atoms with van der Waals surface area (Å²) in [6, 6.07) is 1.36. The molecule has 206 valence electrons. The molecule has 0 bridgehead atoms. The first kappa shape index (κ1) is 32.3. The number of imidazole rings is 1. The van der Waals surface area contributed by atoms with Crippen LogP contribution in [0.5, 0.6) is 0 Å². The Morgan fingerprint density at radius 2 is 1.20 bits per heavy atom. The lowest BCUT2D eigenvalue weighted by Gasteiger charge is -2.28. The van der Waals surface area contributed by atoms with Gasteiger partial charge in [-0.3, -0.25) is 0 Å². The van der Waals surface area contributed by atoms with Gasteiger partial charge in [-0.25, -0.2) is 4.98 Å². The Bertz CT molecular complexity index is 579. The molecule has 1 atom stereocenters. The lowest BCUT2D eigenvalue weighted by Crippen LogP contribution is -2.46. The van der Waals surface area contributed by atoms with Gasteiger partial charge in [-0.1, -0.05) is 90.4 Å². The fourth-order valence-electron chi connectivity index (χ4n) is 5.00. The second-order valence-corrected chi connectivity index (χ2v) is 12.7. The van der Waals surface area contributed by atoms with Crippen molar-refractivity contribution >= 4 is 8.80 Å². The van der Waals surface area contributed by atoms with Crippen LogP contribution in [0.1, 0.15) is 143 Å². The molecule has 1 heterocycles. The molecule has 0 spiro atoms. The maximum atomic E-state index is 6.01. The first-order valence-electron chi connectivity index (χ1n) is 15.1. The van der Waals surface area contributed by atoms with E-state index >= 15 is 0 Å². The van der Waals surface area contributed by atoms with Crippen LogP contribution in [-0.2, 0) is 19.7 Å². The van der Waals surface area contributed by atoms with Crippen molar-refractivity contribution in [2.45, 2.75) is 149 Å². The first-order valence-corrected chi connectivity index (χ1v) is 17.0. The van der Waals surface area contributed by atoms with Crippen LogP contribution in [0.4, 0.5) is 0 Å². The molecule has 0 aliphatic rings. The fraction of sp³-hybridized carbons (Fsp3) is 0.897. The van der Waals surface area contributed by atoms with Crippen molar-refractivity contribution in [3.8, 4) is 0 Å². The molecule has 0 fully saturated rings. The van der Waals surface area contributed by atoms with Gasteiger partial charge >= 0.3 is 8.80 Å². The van der Waals surface area contributed by atoms with Gasteiger partial charge in [0, 0.05) is 50.7 Å². The minimum absolute atomic E-state index is 0.507. The van der Waals surface area contributed by atoms with Gasteiger partial charge in [0.15, 0.2) is 0 Å². The molecule has 0 aliphatic carbocycles. The predicted molar refractivity (Wildman–Crippen MR) is 151 cm³/mol. The Morgan fingerprint density at radius 1 is 0.714 bits per heavy atom. The van der Waals surface area contributed by atoms with Crippen LogP contribution in [0, 0.1) is 0 Å². The maximum Gasteiger partial charge on any atom is 0.500 e. The molecule has 0 aromatic carbocycles. The lowest BCUT2D eigenvalue weighted by molar-refractivity contribution is 0.0708. The summed E-state index contributed by atoms with van der Waals surface area (Å²) in [4.78, 5) is 4.66. The van der Waals surface area contributed by atoms with Gasteiger partial charge in [0.1, 0.15) is 5.82 Å². The zero-order valence-electron chi connectivity index (χ0n) is 24.0. The second-order valence-electron chi connectivity index (χ2n) is 9.97. The fourth-order valence-corrected chi connectivity index (χ4v) is 7.61. The van der Waals surface area contributed by atoms with Crippen molar-refractivity contribution in [2.75, 3.05) is 19.8 Å². The van der Waals surface area contributed by atoms with Crippen molar-refractivity contribution in [1.82, 2.24) is 9.55 Å². The summed E-state index contributed by atoms with van der Waals surface area (Å²) in [5.74, 6) is 1.18. The van der Waals surface area contributed by atoms with E-state index in [-0.39, 0.29) is 0 Å². The molecule has 5 nitrogen and oxygen atoms in total. The van der Waals surface area contributed by atoms with Crippen molar-refractivity contribution in [3.05, 3.63) is 18.2 Å². The molecule has 1 aromatic heterocycles. The van der Waals surface area contributed by atoms with E-state index in [1.54, 1.807) is 0 Å². The Kier molecular flexibility index (Phi) is 19.8. The van der Waals surface area contributed by atoms with Gasteiger partial charge < -0.3 is 17.8 Å². The van der Waals surface area contributed by atoms with E-state index in [1.807, 2.05) is 27.0 Å². The first-order chi connectivity index (χ1) is 17.1. The van der Waals surface area contributed by atoms with E-state index in [4.69, 9.17) is 13.3 Å². The highest BCUT2D eigenvalue weighted by atomic mass is 28.4. The summed E-state index contributed by atoms with van der Waals surface area (Å²) in [6.45, 7) is 12.6. The van der Waals surface area contributed by atoms with Crippen LogP contribution >= 0.6 is 0 Å². The number of rotatable bonds is 25. The third-order valence-electron chi connectivity index (χ3n) is 6.93. The summed E-state index contributed by atoms with van der Waals surface area (Å²) in [6.07, 6.45) is 25.6. The van der Waals surface area contributed by atoms with E-state index in [9.17, 15) is 0 Å². The lowest BCUT2D eigenvalue weighted by atomic mass is 10.0. The standard InChI is InChI=1S/C29H58N2O3Si/c1-6-10-11-12-13-14-15-16-17-18-19-20-21-23-28(5)31-26-25-30-29(31)24-22-27-35(32-7-2,33-8-3)34-9-4/h25-26,28H,6-24,27H2,1-5H3. The average Bonchev–Trinajstić information content (AvgIpc) is 3.31. The molecule has 1 unspecified atom stereocenters. The molecule has 0 N–H and O–H groups in total. The molecule has 35 heavy (non-hydrogen) atoms. The predicted octanol–water partition coefficient (Wildman–Crippen LogP) is 8.91. The van der Waals surface area contributed by atoms with Crippen LogP contribution in [0.25, 0.3) is 0 Å². The Balaban J connectivity index is 2.22. The average molecular weight is 511 g/mol. The monoisotopic (exact) mass is 510 g/mol. The number of unbranched alkanes of at least 4 members (excludes halogenated alkanes) is 12. The quantitative estimate of drug-likeness (QED) is 0.0973. The highest BCUT2D eigenvalue weighted by Crippen LogP contribution is 2.22. The molecule has 0 amide bonds. The minimum atomic E-state index is -2.56. The highest BCUT2D eigenvalue weighted by molar-refractivity contribution is 6.60. The van der Waals surface area contributed by atoms with Gasteiger partial charge in [-0.15, -0.1) is 0 Å². The summed E-state index contributed by atoms with van der Waals surface area (Å²) in [5, 5.41) is 0. The molecular weight excluding hydrogens is 452 g/mol. The van der Waals surface area contributed by atoms with Gasteiger partial charge in [-0.05, 0) is 40.5 Å². The molecule has 0 saturated heterocycles. The molecule has 0 saturated carbocycles. The highest BCUT2D eigenvalue weighted by Gasteiger charge is 2.39. The number of aryl methyl sites for hydroxylation is 1. The Hall–Kier alpha value is -0.693. The van der Waals surface area contributed by atoms with Crippen molar-refractivity contribution in [1.29, 1.82) is 0 Å². The van der Waals surface area contributed by atoms with Crippen LogP contribution < -0.4 is 0 Å². The summed E-state index contributed by atoms with van der Waals surface area (Å²) < 4.78 is 20.4. The molecule has 1 aromatic rings. The zero-order valence-corrected chi connectivity index (χ0v) is 25.0. The van der Waals surface area contributed by atoms with Crippen molar-refractivity contribution < 1.29 is 13.3 Å². The van der Waals surface area contributed by atoms with E-state index in [2.05, 4.69) is 29.6 Å². The van der Waals surface area contributed by atoms with E-state index in [0.717, 1.165) is 18.9 Å². The van der Waals surface area contributed by atoms with Gasteiger partial charge in [0.05, 0.1) is 0 Å². The Morgan fingerprint density at radius 3 is 1.69 bits per heavy atom. The number of hydrogen-bond donors (Lipinski definition) is 0. The van der Waals surface area contributed by atoms with Gasteiger partial charge in [0.2, 0.25) is 0 Å². The van der Waals surface area contributed by atoms with Crippen molar-refractivity contribution in [3.63, 3.8) is 0 Å². The van der Waals surface area contributed by atoms with Crippen LogP contribution in [-0.4, -0.2) is 38.2 Å². The van der Waals surface area contributed by atoms with Crippen molar-refractivity contribution in [2.24, 2.45) is 0 Å². The normalized spacial score (nSPS) is 12.9. The van der Waals surface area contributed by atoms with E-state index in [0.29, 0.717) is 25.9 Å². The topological polar surface area (TPSA) is 45.5 Å². The largest absolute Gasteiger partial charge is 0.500 e. The number of aromatic nitrogens is 2. The number of nitrogens with zero attached hydrogens (tertiary/aromatic N) is 2. The molecular formula is C29H58N2O3Si. The molecule has 0 radical (unpaired) electrons.